The van der Waals surface area contributed by atoms with Crippen molar-refractivity contribution in [1.29, 1.82) is 0 Å². The van der Waals surface area contributed by atoms with Crippen LogP contribution in [0, 0.1) is 0 Å². The molecule has 3 nitrogen and oxygen atoms in total. The summed E-state index contributed by atoms with van der Waals surface area (Å²) < 4.78 is 4.48. The Morgan fingerprint density at radius 2 is 2.31 bits per heavy atom. The van der Waals surface area contributed by atoms with Gasteiger partial charge in [0.1, 0.15) is 11.3 Å². The molecule has 13 heavy (non-hydrogen) atoms. The van der Waals surface area contributed by atoms with Gasteiger partial charge < -0.3 is 9.84 Å². The van der Waals surface area contributed by atoms with Gasteiger partial charge in [0.25, 0.3) is 0 Å². The molecule has 0 unspecified atom stereocenters. The third-order valence-corrected chi connectivity index (χ3v) is 1.66. The molecule has 1 N–H and O–H groups in total. The quantitative estimate of drug-likeness (QED) is 0.702. The molecular formula is C10H10O3. The van der Waals surface area contributed by atoms with Gasteiger partial charge in [-0.15, -0.1) is 0 Å². The molecule has 0 saturated carbocycles. The number of esters is 1. The number of phenols is 1. The molecule has 0 fully saturated rings. The number of carbonyl (C=O) groups excluding carboxylic acids is 1. The van der Waals surface area contributed by atoms with Crippen molar-refractivity contribution in [3.05, 3.63) is 35.9 Å². The van der Waals surface area contributed by atoms with Crippen molar-refractivity contribution in [3.8, 4) is 5.75 Å². The minimum atomic E-state index is -0.554. The summed E-state index contributed by atoms with van der Waals surface area (Å²) in [4.78, 5) is 11.1. The SMILES string of the molecule is C=Cc1ccc(O)c(C(=O)OC)c1. The second-order valence-electron chi connectivity index (χ2n) is 2.47. The average Bonchev–Trinajstić information content (AvgIpc) is 2.17. The Balaban J connectivity index is 3.18. The Morgan fingerprint density at radius 1 is 1.62 bits per heavy atom. The first kappa shape index (κ1) is 9.32. The minimum absolute atomic E-state index is 0.0857. The fraction of sp³-hybridized carbons (Fsp3) is 0.100. The van der Waals surface area contributed by atoms with Gasteiger partial charge in [-0.2, -0.15) is 0 Å². The fourth-order valence-corrected chi connectivity index (χ4v) is 0.954. The van der Waals surface area contributed by atoms with Crippen LogP contribution in [-0.4, -0.2) is 18.2 Å². The van der Waals surface area contributed by atoms with Crippen molar-refractivity contribution in [3.63, 3.8) is 0 Å². The predicted octanol–water partition coefficient (Wildman–Crippen LogP) is 1.82. The highest BCUT2D eigenvalue weighted by atomic mass is 16.5. The van der Waals surface area contributed by atoms with Gasteiger partial charge in [-0.3, -0.25) is 0 Å². The second-order valence-corrected chi connectivity index (χ2v) is 2.47. The summed E-state index contributed by atoms with van der Waals surface area (Å²) in [5, 5.41) is 9.30. The number of hydrogen-bond donors (Lipinski definition) is 1. The summed E-state index contributed by atoms with van der Waals surface area (Å²) in [5.74, 6) is -0.640. The second kappa shape index (κ2) is 3.76. The van der Waals surface area contributed by atoms with Crippen molar-refractivity contribution in [2.24, 2.45) is 0 Å². The Hall–Kier alpha value is -1.77. The van der Waals surface area contributed by atoms with E-state index in [0.717, 1.165) is 5.56 Å². The van der Waals surface area contributed by atoms with Crippen LogP contribution in [0.3, 0.4) is 0 Å². The molecule has 0 aliphatic heterocycles. The molecule has 0 saturated heterocycles. The van der Waals surface area contributed by atoms with Crippen LogP contribution in [-0.2, 0) is 4.74 Å². The third-order valence-electron chi connectivity index (χ3n) is 1.66. The number of hydrogen-bond acceptors (Lipinski definition) is 3. The lowest BCUT2D eigenvalue weighted by atomic mass is 10.1. The maximum atomic E-state index is 11.1. The van der Waals surface area contributed by atoms with Crippen LogP contribution in [0.5, 0.6) is 5.75 Å². The summed E-state index contributed by atoms with van der Waals surface area (Å²) in [6, 6.07) is 4.62. The van der Waals surface area contributed by atoms with Crippen LogP contribution in [0.1, 0.15) is 15.9 Å². The van der Waals surface area contributed by atoms with Crippen molar-refractivity contribution in [1.82, 2.24) is 0 Å². The Kier molecular flexibility index (Phi) is 2.69. The largest absolute Gasteiger partial charge is 0.507 e. The van der Waals surface area contributed by atoms with Gasteiger partial charge >= 0.3 is 5.97 Å². The lowest BCUT2D eigenvalue weighted by molar-refractivity contribution is 0.0597. The van der Waals surface area contributed by atoms with Crippen molar-refractivity contribution < 1.29 is 14.6 Å². The van der Waals surface area contributed by atoms with E-state index in [0.29, 0.717) is 0 Å². The molecule has 0 heterocycles. The van der Waals surface area contributed by atoms with E-state index >= 15 is 0 Å². The molecule has 0 aromatic heterocycles. The maximum Gasteiger partial charge on any atom is 0.341 e. The smallest absolute Gasteiger partial charge is 0.341 e. The third kappa shape index (κ3) is 1.87. The van der Waals surface area contributed by atoms with Gasteiger partial charge in [-0.05, 0) is 17.7 Å². The highest BCUT2D eigenvalue weighted by Crippen LogP contribution is 2.19. The number of carbonyl (C=O) groups is 1. The van der Waals surface area contributed by atoms with Crippen molar-refractivity contribution >= 4 is 12.0 Å². The summed E-state index contributed by atoms with van der Waals surface area (Å²) in [5.41, 5.74) is 0.915. The van der Waals surface area contributed by atoms with Gasteiger partial charge in [-0.1, -0.05) is 18.7 Å². The van der Waals surface area contributed by atoms with Crippen LogP contribution in [0.15, 0.2) is 24.8 Å². The van der Waals surface area contributed by atoms with E-state index in [9.17, 15) is 9.90 Å². The van der Waals surface area contributed by atoms with Gasteiger partial charge in [0.05, 0.1) is 7.11 Å². The fourth-order valence-electron chi connectivity index (χ4n) is 0.954. The topological polar surface area (TPSA) is 46.5 Å². The van der Waals surface area contributed by atoms with E-state index in [1.165, 1.54) is 19.2 Å². The first-order chi connectivity index (χ1) is 6.19. The van der Waals surface area contributed by atoms with Crippen molar-refractivity contribution in [2.75, 3.05) is 7.11 Å². The van der Waals surface area contributed by atoms with E-state index in [1.54, 1.807) is 12.1 Å². The first-order valence-electron chi connectivity index (χ1n) is 3.73. The van der Waals surface area contributed by atoms with Crippen LogP contribution in [0.4, 0.5) is 0 Å². The van der Waals surface area contributed by atoms with E-state index in [1.807, 2.05) is 0 Å². The van der Waals surface area contributed by atoms with E-state index < -0.39 is 5.97 Å². The lowest BCUT2D eigenvalue weighted by Gasteiger charge is -2.02. The van der Waals surface area contributed by atoms with Gasteiger partial charge in [0.15, 0.2) is 0 Å². The number of methoxy groups -OCH3 is 1. The van der Waals surface area contributed by atoms with Crippen LogP contribution < -0.4 is 0 Å². The summed E-state index contributed by atoms with van der Waals surface area (Å²) >= 11 is 0. The Labute approximate surface area is 76.3 Å². The molecule has 0 aliphatic rings. The molecule has 1 aromatic carbocycles. The van der Waals surface area contributed by atoms with E-state index in [-0.39, 0.29) is 11.3 Å². The molecule has 0 atom stereocenters. The highest BCUT2D eigenvalue weighted by molar-refractivity contribution is 5.92. The molecule has 68 valence electrons. The first-order valence-corrected chi connectivity index (χ1v) is 3.73. The molecular weight excluding hydrogens is 168 g/mol. The lowest BCUT2D eigenvalue weighted by Crippen LogP contribution is -2.01. The molecule has 0 aliphatic carbocycles. The number of rotatable bonds is 2. The van der Waals surface area contributed by atoms with Crippen molar-refractivity contribution in [2.45, 2.75) is 0 Å². The Morgan fingerprint density at radius 3 is 2.85 bits per heavy atom. The highest BCUT2D eigenvalue weighted by Gasteiger charge is 2.10. The number of benzene rings is 1. The van der Waals surface area contributed by atoms with Gasteiger partial charge in [0.2, 0.25) is 0 Å². The molecule has 0 amide bonds. The number of aromatic hydroxyl groups is 1. The zero-order valence-electron chi connectivity index (χ0n) is 7.28. The number of ether oxygens (including phenoxy) is 1. The molecule has 0 radical (unpaired) electrons. The normalized spacial score (nSPS) is 9.31. The molecule has 1 aromatic rings. The van der Waals surface area contributed by atoms with Crippen LogP contribution in [0.2, 0.25) is 0 Å². The molecule has 3 heteroatoms. The zero-order valence-corrected chi connectivity index (χ0v) is 7.28. The summed E-state index contributed by atoms with van der Waals surface area (Å²) in [7, 11) is 1.27. The standard InChI is InChI=1S/C10H10O3/c1-3-7-4-5-9(11)8(6-7)10(12)13-2/h3-6,11H,1H2,2H3. The van der Waals surface area contributed by atoms with E-state index in [2.05, 4.69) is 11.3 Å². The average molecular weight is 178 g/mol. The zero-order chi connectivity index (χ0) is 9.84. The minimum Gasteiger partial charge on any atom is -0.507 e. The van der Waals surface area contributed by atoms with Crippen LogP contribution >= 0.6 is 0 Å². The monoisotopic (exact) mass is 178 g/mol. The molecule has 0 spiro atoms. The maximum absolute atomic E-state index is 11.1. The molecule has 1 rings (SSSR count). The summed E-state index contributed by atoms with van der Waals surface area (Å²) in [6.45, 7) is 3.55. The summed E-state index contributed by atoms with van der Waals surface area (Å²) in [6.07, 6.45) is 1.59. The molecule has 0 bridgehead atoms. The predicted molar refractivity (Wildman–Crippen MR) is 49.5 cm³/mol. The van der Waals surface area contributed by atoms with Gasteiger partial charge in [-0.25, -0.2) is 4.79 Å². The Bertz CT molecular complexity index is 342. The number of phenolic OH excluding ortho intramolecular Hbond substituents is 1. The van der Waals surface area contributed by atoms with Crippen LogP contribution in [0.25, 0.3) is 6.08 Å². The van der Waals surface area contributed by atoms with Gasteiger partial charge in [0, 0.05) is 0 Å². The van der Waals surface area contributed by atoms with E-state index in [4.69, 9.17) is 0 Å².